The highest BCUT2D eigenvalue weighted by Crippen LogP contribution is 2.32. The van der Waals surface area contributed by atoms with Gasteiger partial charge in [0.05, 0.1) is 5.57 Å². The first kappa shape index (κ1) is 9.77. The van der Waals surface area contributed by atoms with E-state index < -0.39 is 0 Å². The summed E-state index contributed by atoms with van der Waals surface area (Å²) >= 11 is 0. The van der Waals surface area contributed by atoms with Gasteiger partial charge < -0.3 is 10.2 Å². The lowest BCUT2D eigenvalue weighted by molar-refractivity contribution is -0.113. The van der Waals surface area contributed by atoms with Gasteiger partial charge in [-0.2, -0.15) is 0 Å². The number of Topliss-reactive ketones (excluding diaryl/α,β-unsaturated/α-hetero) is 1. The third-order valence-corrected chi connectivity index (χ3v) is 2.65. The van der Waals surface area contributed by atoms with Crippen LogP contribution in [0.4, 0.5) is 0 Å². The van der Waals surface area contributed by atoms with Crippen molar-refractivity contribution in [3.05, 3.63) is 35.1 Å². The van der Waals surface area contributed by atoms with Crippen LogP contribution >= 0.6 is 0 Å². The third kappa shape index (κ3) is 1.61. The zero-order valence-corrected chi connectivity index (χ0v) is 8.45. The molecule has 15 heavy (non-hydrogen) atoms. The van der Waals surface area contributed by atoms with Gasteiger partial charge in [0.2, 0.25) is 0 Å². The molecule has 1 aromatic rings. The molecule has 1 aromatic carbocycles. The van der Waals surface area contributed by atoms with E-state index in [1.807, 2.05) is 6.92 Å². The number of carbonyl (C=O) groups excluding carboxylic acids is 1. The monoisotopic (exact) mass is 204 g/mol. The van der Waals surface area contributed by atoms with Gasteiger partial charge in [-0.3, -0.25) is 4.79 Å². The number of ketones is 1. The van der Waals surface area contributed by atoms with Crippen LogP contribution in [0.3, 0.4) is 0 Å². The second-order valence-electron chi connectivity index (χ2n) is 3.74. The molecule has 3 nitrogen and oxygen atoms in total. The first-order chi connectivity index (χ1) is 7.09. The highest BCUT2D eigenvalue weighted by atomic mass is 16.3. The SMILES string of the molecule is Cc1ccc(O)cc1C1=C(O)CCC1=O. The number of hydrogen-bond acceptors (Lipinski definition) is 3. The quantitative estimate of drug-likeness (QED) is 0.738. The fraction of sp³-hybridized carbons (Fsp3) is 0.250. The van der Waals surface area contributed by atoms with Crippen LogP contribution in [0, 0.1) is 6.92 Å². The zero-order valence-electron chi connectivity index (χ0n) is 8.45. The Bertz CT molecular complexity index is 458. The maximum absolute atomic E-state index is 11.5. The topological polar surface area (TPSA) is 57.5 Å². The van der Waals surface area contributed by atoms with Crippen molar-refractivity contribution in [2.24, 2.45) is 0 Å². The number of carbonyl (C=O) groups is 1. The number of phenols is 1. The van der Waals surface area contributed by atoms with Crippen molar-refractivity contribution in [1.82, 2.24) is 0 Å². The molecule has 1 aliphatic rings. The van der Waals surface area contributed by atoms with Crippen molar-refractivity contribution in [1.29, 1.82) is 0 Å². The van der Waals surface area contributed by atoms with Crippen LogP contribution in [-0.4, -0.2) is 16.0 Å². The highest BCUT2D eigenvalue weighted by Gasteiger charge is 2.25. The van der Waals surface area contributed by atoms with Crippen molar-refractivity contribution in [3.63, 3.8) is 0 Å². The summed E-state index contributed by atoms with van der Waals surface area (Å²) in [5.74, 6) is 0.186. The van der Waals surface area contributed by atoms with E-state index in [1.165, 1.54) is 6.07 Å². The predicted molar refractivity (Wildman–Crippen MR) is 56.6 cm³/mol. The van der Waals surface area contributed by atoms with Gasteiger partial charge >= 0.3 is 0 Å². The minimum Gasteiger partial charge on any atom is -0.512 e. The van der Waals surface area contributed by atoms with Crippen molar-refractivity contribution in [2.75, 3.05) is 0 Å². The van der Waals surface area contributed by atoms with Crippen molar-refractivity contribution in [2.45, 2.75) is 19.8 Å². The van der Waals surface area contributed by atoms with Crippen LogP contribution in [0.1, 0.15) is 24.0 Å². The molecule has 0 aliphatic heterocycles. The van der Waals surface area contributed by atoms with Crippen LogP contribution < -0.4 is 0 Å². The number of aryl methyl sites for hydroxylation is 1. The molecule has 0 heterocycles. The average molecular weight is 204 g/mol. The molecule has 0 atom stereocenters. The first-order valence-electron chi connectivity index (χ1n) is 4.85. The zero-order chi connectivity index (χ0) is 11.0. The van der Waals surface area contributed by atoms with Gasteiger partial charge in [-0.1, -0.05) is 6.07 Å². The first-order valence-corrected chi connectivity index (χ1v) is 4.85. The molecular formula is C12H12O3. The molecule has 0 amide bonds. The molecular weight excluding hydrogens is 192 g/mol. The van der Waals surface area contributed by atoms with E-state index in [4.69, 9.17) is 0 Å². The number of aliphatic hydroxyl groups excluding tert-OH is 1. The third-order valence-electron chi connectivity index (χ3n) is 2.65. The maximum atomic E-state index is 11.5. The van der Waals surface area contributed by atoms with Gasteiger partial charge in [-0.15, -0.1) is 0 Å². The van der Waals surface area contributed by atoms with Gasteiger partial charge in [0, 0.05) is 12.8 Å². The number of allylic oxidation sites excluding steroid dienone is 2. The standard InChI is InChI=1S/C12H12O3/c1-7-2-3-8(13)6-9(7)12-10(14)4-5-11(12)15/h2-3,6,13-14H,4-5H2,1H3. The van der Waals surface area contributed by atoms with Crippen molar-refractivity contribution in [3.8, 4) is 5.75 Å². The fourth-order valence-electron chi connectivity index (χ4n) is 1.83. The second kappa shape index (κ2) is 3.42. The number of hydrogen-bond donors (Lipinski definition) is 2. The van der Waals surface area contributed by atoms with E-state index in [0.29, 0.717) is 24.0 Å². The summed E-state index contributed by atoms with van der Waals surface area (Å²) in [6.45, 7) is 1.85. The summed E-state index contributed by atoms with van der Waals surface area (Å²) in [5, 5.41) is 19.0. The Balaban J connectivity index is 2.58. The molecule has 78 valence electrons. The summed E-state index contributed by atoms with van der Waals surface area (Å²) in [6.07, 6.45) is 0.763. The van der Waals surface area contributed by atoms with E-state index in [9.17, 15) is 15.0 Å². The van der Waals surface area contributed by atoms with Gasteiger partial charge in [0.15, 0.2) is 5.78 Å². The molecule has 2 rings (SSSR count). The molecule has 0 bridgehead atoms. The van der Waals surface area contributed by atoms with Crippen molar-refractivity contribution >= 4 is 11.4 Å². The molecule has 0 saturated heterocycles. The molecule has 1 aliphatic carbocycles. The van der Waals surface area contributed by atoms with E-state index >= 15 is 0 Å². The summed E-state index contributed by atoms with van der Waals surface area (Å²) < 4.78 is 0. The number of benzene rings is 1. The molecule has 0 aromatic heterocycles. The minimum absolute atomic E-state index is 0.0544. The van der Waals surface area contributed by atoms with Crippen molar-refractivity contribution < 1.29 is 15.0 Å². The number of aliphatic hydroxyl groups is 1. The normalized spacial score (nSPS) is 16.2. The summed E-state index contributed by atoms with van der Waals surface area (Å²) in [6, 6.07) is 4.82. The van der Waals surface area contributed by atoms with Gasteiger partial charge in [0.25, 0.3) is 0 Å². The lowest BCUT2D eigenvalue weighted by Gasteiger charge is -2.06. The molecule has 0 spiro atoms. The van der Waals surface area contributed by atoms with Crippen LogP contribution in [0.25, 0.3) is 5.57 Å². The Morgan fingerprint density at radius 3 is 2.53 bits per heavy atom. The molecule has 0 unspecified atom stereocenters. The molecule has 2 N–H and O–H groups in total. The van der Waals surface area contributed by atoms with Crippen LogP contribution in [0.5, 0.6) is 5.75 Å². The number of phenolic OH excluding ortho intramolecular Hbond substituents is 1. The second-order valence-corrected chi connectivity index (χ2v) is 3.74. The Morgan fingerprint density at radius 2 is 1.93 bits per heavy atom. The van der Waals surface area contributed by atoms with Crippen LogP contribution in [-0.2, 0) is 4.79 Å². The van der Waals surface area contributed by atoms with E-state index in [1.54, 1.807) is 12.1 Å². The summed E-state index contributed by atoms with van der Waals surface area (Å²) in [5.41, 5.74) is 1.88. The molecule has 3 heteroatoms. The molecule has 0 fully saturated rings. The average Bonchev–Trinajstić information content (AvgIpc) is 2.51. The Kier molecular flexibility index (Phi) is 2.23. The Morgan fingerprint density at radius 1 is 1.20 bits per heavy atom. The lowest BCUT2D eigenvalue weighted by Crippen LogP contribution is -1.98. The van der Waals surface area contributed by atoms with E-state index in [0.717, 1.165) is 5.56 Å². The number of aromatic hydroxyl groups is 1. The van der Waals surface area contributed by atoms with Gasteiger partial charge in [-0.05, 0) is 30.2 Å². The van der Waals surface area contributed by atoms with Crippen LogP contribution in [0.2, 0.25) is 0 Å². The maximum Gasteiger partial charge on any atom is 0.167 e. The fourth-order valence-corrected chi connectivity index (χ4v) is 1.83. The summed E-state index contributed by atoms with van der Waals surface area (Å²) in [4.78, 5) is 11.5. The Labute approximate surface area is 87.7 Å². The molecule has 0 radical (unpaired) electrons. The predicted octanol–water partition coefficient (Wildman–Crippen LogP) is 2.33. The smallest absolute Gasteiger partial charge is 0.167 e. The van der Waals surface area contributed by atoms with Gasteiger partial charge in [-0.25, -0.2) is 0 Å². The van der Waals surface area contributed by atoms with E-state index in [2.05, 4.69) is 0 Å². The number of rotatable bonds is 1. The lowest BCUT2D eigenvalue weighted by atomic mass is 9.99. The van der Waals surface area contributed by atoms with Gasteiger partial charge in [0.1, 0.15) is 11.5 Å². The van der Waals surface area contributed by atoms with E-state index in [-0.39, 0.29) is 17.3 Å². The summed E-state index contributed by atoms with van der Waals surface area (Å²) in [7, 11) is 0. The highest BCUT2D eigenvalue weighted by molar-refractivity contribution is 6.23. The van der Waals surface area contributed by atoms with Crippen LogP contribution in [0.15, 0.2) is 24.0 Å². The minimum atomic E-state index is -0.0544. The molecule has 0 saturated carbocycles. The largest absolute Gasteiger partial charge is 0.512 e. The Hall–Kier alpha value is -1.77.